The van der Waals surface area contributed by atoms with Crippen molar-refractivity contribution in [1.82, 2.24) is 4.90 Å². The number of rotatable bonds is 7. The van der Waals surface area contributed by atoms with Crippen molar-refractivity contribution >= 4 is 5.97 Å². The van der Waals surface area contributed by atoms with Crippen LogP contribution in [0.15, 0.2) is 12.7 Å². The minimum Gasteiger partial charge on any atom is -0.468 e. The van der Waals surface area contributed by atoms with Crippen molar-refractivity contribution in [3.8, 4) is 0 Å². The summed E-state index contributed by atoms with van der Waals surface area (Å²) >= 11 is 0. The molecular weight excluding hydrogens is 202 g/mol. The zero-order chi connectivity index (χ0) is 12.8. The fraction of sp³-hybridized carbons (Fsp3) is 0.769. The summed E-state index contributed by atoms with van der Waals surface area (Å²) in [4.78, 5) is 13.8. The Kier molecular flexibility index (Phi) is 6.34. The van der Waals surface area contributed by atoms with Gasteiger partial charge in [0, 0.05) is 6.04 Å². The molecule has 16 heavy (non-hydrogen) atoms. The van der Waals surface area contributed by atoms with E-state index in [1.165, 1.54) is 7.11 Å². The Morgan fingerprint density at radius 2 is 2.12 bits per heavy atom. The van der Waals surface area contributed by atoms with Crippen LogP contribution in [0.3, 0.4) is 0 Å². The topological polar surface area (TPSA) is 29.5 Å². The molecule has 3 heteroatoms. The highest BCUT2D eigenvalue weighted by Crippen LogP contribution is 2.21. The van der Waals surface area contributed by atoms with Gasteiger partial charge in [-0.1, -0.05) is 19.4 Å². The van der Waals surface area contributed by atoms with Gasteiger partial charge in [0.25, 0.3) is 0 Å². The second-order valence-electron chi connectivity index (χ2n) is 4.63. The molecule has 0 amide bonds. The molecule has 0 aliphatic carbocycles. The zero-order valence-corrected chi connectivity index (χ0v) is 11.2. The van der Waals surface area contributed by atoms with Crippen LogP contribution in [0.25, 0.3) is 0 Å². The first kappa shape index (κ1) is 15.2. The first-order chi connectivity index (χ1) is 7.41. The molecule has 0 saturated heterocycles. The lowest BCUT2D eigenvalue weighted by Crippen LogP contribution is -2.53. The molecule has 0 heterocycles. The molecule has 1 atom stereocenters. The third-order valence-electron chi connectivity index (χ3n) is 3.18. The molecule has 0 saturated carbocycles. The van der Waals surface area contributed by atoms with E-state index in [9.17, 15) is 4.79 Å². The molecule has 0 aromatic rings. The van der Waals surface area contributed by atoms with Gasteiger partial charge in [-0.25, -0.2) is 0 Å². The van der Waals surface area contributed by atoms with Gasteiger partial charge in [0.05, 0.1) is 7.11 Å². The van der Waals surface area contributed by atoms with Gasteiger partial charge in [-0.2, -0.15) is 0 Å². The molecule has 0 aliphatic heterocycles. The van der Waals surface area contributed by atoms with E-state index in [4.69, 9.17) is 4.74 Å². The van der Waals surface area contributed by atoms with Crippen molar-refractivity contribution in [2.24, 2.45) is 0 Å². The van der Waals surface area contributed by atoms with Crippen LogP contribution in [0.4, 0.5) is 0 Å². The molecule has 0 rings (SSSR count). The minimum atomic E-state index is -0.586. The van der Waals surface area contributed by atoms with Crippen LogP contribution in [0.5, 0.6) is 0 Å². The maximum absolute atomic E-state index is 11.7. The summed E-state index contributed by atoms with van der Waals surface area (Å²) in [6, 6.07) is 0.344. The van der Waals surface area contributed by atoms with Crippen molar-refractivity contribution in [2.75, 3.05) is 14.2 Å². The number of esters is 1. The summed E-state index contributed by atoms with van der Waals surface area (Å²) in [5, 5.41) is 0. The number of nitrogens with zero attached hydrogens (tertiary/aromatic N) is 1. The summed E-state index contributed by atoms with van der Waals surface area (Å²) in [6.45, 7) is 9.70. The van der Waals surface area contributed by atoms with Crippen LogP contribution in [0.2, 0.25) is 0 Å². The lowest BCUT2D eigenvalue weighted by Gasteiger charge is -2.38. The highest BCUT2D eigenvalue weighted by Gasteiger charge is 2.36. The maximum atomic E-state index is 11.7. The van der Waals surface area contributed by atoms with E-state index in [0.29, 0.717) is 6.04 Å². The molecule has 0 aromatic carbocycles. The van der Waals surface area contributed by atoms with E-state index in [-0.39, 0.29) is 5.97 Å². The van der Waals surface area contributed by atoms with E-state index in [2.05, 4.69) is 18.4 Å². The molecule has 0 spiro atoms. The van der Waals surface area contributed by atoms with Gasteiger partial charge in [-0.3, -0.25) is 9.69 Å². The SMILES string of the molecule is C=CCC(CCC)N(C)C(C)(C)C(=O)OC. The number of carbonyl (C=O) groups excluding carboxylic acids is 1. The molecule has 0 N–H and O–H groups in total. The Morgan fingerprint density at radius 1 is 1.56 bits per heavy atom. The third kappa shape index (κ3) is 3.63. The van der Waals surface area contributed by atoms with Crippen molar-refractivity contribution < 1.29 is 9.53 Å². The van der Waals surface area contributed by atoms with Gasteiger partial charge >= 0.3 is 5.97 Å². The van der Waals surface area contributed by atoms with Gasteiger partial charge in [0.1, 0.15) is 5.54 Å². The quantitative estimate of drug-likeness (QED) is 0.494. The molecule has 3 nitrogen and oxygen atoms in total. The molecule has 0 aromatic heterocycles. The Hall–Kier alpha value is -0.830. The van der Waals surface area contributed by atoms with E-state index in [0.717, 1.165) is 19.3 Å². The minimum absolute atomic E-state index is 0.194. The number of hydrogen-bond donors (Lipinski definition) is 0. The zero-order valence-electron chi connectivity index (χ0n) is 11.2. The van der Waals surface area contributed by atoms with Gasteiger partial charge in [0.15, 0.2) is 0 Å². The first-order valence-electron chi connectivity index (χ1n) is 5.84. The molecule has 0 bridgehead atoms. The maximum Gasteiger partial charge on any atom is 0.325 e. The summed E-state index contributed by atoms with van der Waals surface area (Å²) in [6.07, 6.45) is 4.96. The molecule has 1 unspecified atom stereocenters. The predicted molar refractivity (Wildman–Crippen MR) is 67.4 cm³/mol. The van der Waals surface area contributed by atoms with E-state index in [1.54, 1.807) is 0 Å². The standard InChI is InChI=1S/C13H25NO2/c1-7-9-11(10-8-2)14(5)13(3,4)12(15)16-6/h7,11H,1,8-10H2,2-6H3. The fourth-order valence-corrected chi connectivity index (χ4v) is 1.85. The number of hydrogen-bond acceptors (Lipinski definition) is 3. The lowest BCUT2D eigenvalue weighted by molar-refractivity contribution is -0.153. The fourth-order valence-electron chi connectivity index (χ4n) is 1.85. The summed E-state index contributed by atoms with van der Waals surface area (Å²) in [5.41, 5.74) is -0.586. The molecular formula is C13H25NO2. The number of methoxy groups -OCH3 is 1. The van der Waals surface area contributed by atoms with Gasteiger partial charge in [-0.05, 0) is 33.7 Å². The second kappa shape index (κ2) is 6.69. The summed E-state index contributed by atoms with van der Waals surface area (Å²) in [5.74, 6) is -0.194. The van der Waals surface area contributed by atoms with E-state index in [1.807, 2.05) is 27.0 Å². The highest BCUT2D eigenvalue weighted by molar-refractivity contribution is 5.79. The number of ether oxygens (including phenoxy) is 1. The highest BCUT2D eigenvalue weighted by atomic mass is 16.5. The smallest absolute Gasteiger partial charge is 0.325 e. The van der Waals surface area contributed by atoms with Gasteiger partial charge < -0.3 is 4.74 Å². The van der Waals surface area contributed by atoms with Crippen molar-refractivity contribution in [3.63, 3.8) is 0 Å². The summed E-state index contributed by atoms with van der Waals surface area (Å²) < 4.78 is 4.84. The second-order valence-corrected chi connectivity index (χ2v) is 4.63. The van der Waals surface area contributed by atoms with Crippen LogP contribution >= 0.6 is 0 Å². The monoisotopic (exact) mass is 227 g/mol. The Labute approximate surface area is 99.5 Å². The van der Waals surface area contributed by atoms with Crippen LogP contribution < -0.4 is 0 Å². The van der Waals surface area contributed by atoms with Crippen molar-refractivity contribution in [1.29, 1.82) is 0 Å². The largest absolute Gasteiger partial charge is 0.468 e. The van der Waals surface area contributed by atoms with E-state index < -0.39 is 5.54 Å². The van der Waals surface area contributed by atoms with E-state index >= 15 is 0 Å². The summed E-state index contributed by atoms with van der Waals surface area (Å²) in [7, 11) is 3.40. The van der Waals surface area contributed by atoms with Gasteiger partial charge in [-0.15, -0.1) is 6.58 Å². The van der Waals surface area contributed by atoms with Crippen molar-refractivity contribution in [2.45, 2.75) is 51.6 Å². The Balaban J connectivity index is 4.75. The van der Waals surface area contributed by atoms with Gasteiger partial charge in [0.2, 0.25) is 0 Å². The first-order valence-corrected chi connectivity index (χ1v) is 5.84. The van der Waals surface area contributed by atoms with Crippen LogP contribution in [0.1, 0.15) is 40.0 Å². The van der Waals surface area contributed by atoms with Crippen LogP contribution in [-0.2, 0) is 9.53 Å². The van der Waals surface area contributed by atoms with Crippen LogP contribution in [0, 0.1) is 0 Å². The molecule has 0 fully saturated rings. The Bertz CT molecular complexity index is 236. The number of carbonyl (C=O) groups is 1. The van der Waals surface area contributed by atoms with Crippen molar-refractivity contribution in [3.05, 3.63) is 12.7 Å². The average Bonchev–Trinajstić information content (AvgIpc) is 2.26. The molecule has 0 radical (unpaired) electrons. The normalized spacial score (nSPS) is 13.6. The Morgan fingerprint density at radius 3 is 2.50 bits per heavy atom. The average molecular weight is 227 g/mol. The lowest BCUT2D eigenvalue weighted by atomic mass is 9.97. The third-order valence-corrected chi connectivity index (χ3v) is 3.18. The molecule has 0 aliphatic rings. The molecule has 94 valence electrons. The van der Waals surface area contributed by atoms with Crippen LogP contribution in [-0.4, -0.2) is 36.6 Å². The predicted octanol–water partition coefficient (Wildman–Crippen LogP) is 2.61. The number of likely N-dealkylation sites (N-methyl/N-ethyl adjacent to an activating group) is 1.